The van der Waals surface area contributed by atoms with E-state index >= 15 is 0 Å². The van der Waals surface area contributed by atoms with Crippen molar-refractivity contribution in [2.24, 2.45) is 0 Å². The number of hydrogen-bond acceptors (Lipinski definition) is 2. The molecule has 16 heavy (non-hydrogen) atoms. The van der Waals surface area contributed by atoms with Crippen molar-refractivity contribution < 1.29 is 4.79 Å². The van der Waals surface area contributed by atoms with E-state index in [4.69, 9.17) is 0 Å². The van der Waals surface area contributed by atoms with E-state index in [-0.39, 0.29) is 5.91 Å². The fraction of sp³-hybridized carbons (Fsp3) is 0. The first-order valence-electron chi connectivity index (χ1n) is 5.00. The molecule has 0 saturated heterocycles. The highest BCUT2D eigenvalue weighted by atomic mass is 32.2. The van der Waals surface area contributed by atoms with Crippen LogP contribution in [-0.4, -0.2) is 5.91 Å². The summed E-state index contributed by atoms with van der Waals surface area (Å²) >= 11 is 1.58. The average molecular weight is 227 g/mol. The number of hydrogen-bond donors (Lipinski definition) is 1. The Balaban J connectivity index is 2.36. The number of thioether (sulfide) groups is 1. The molecule has 78 valence electrons. The van der Waals surface area contributed by atoms with Crippen molar-refractivity contribution in [3.63, 3.8) is 0 Å². The van der Waals surface area contributed by atoms with Crippen LogP contribution in [0.25, 0.3) is 10.8 Å². The van der Waals surface area contributed by atoms with Gasteiger partial charge in [0.15, 0.2) is 0 Å². The number of amides is 1. The van der Waals surface area contributed by atoms with Crippen LogP contribution < -0.4 is 5.32 Å². The molecule has 0 radical (unpaired) electrons. The lowest BCUT2D eigenvalue weighted by atomic mass is 10.1. The van der Waals surface area contributed by atoms with E-state index in [0.29, 0.717) is 0 Å². The molecule has 0 aromatic heterocycles. The summed E-state index contributed by atoms with van der Waals surface area (Å²) in [7, 11) is 0. The molecule has 1 heterocycles. The fourth-order valence-electron chi connectivity index (χ4n) is 1.85. The third kappa shape index (κ3) is 1.49. The zero-order valence-corrected chi connectivity index (χ0v) is 9.25. The SMILES string of the molecule is O=C1/C=C\Sc2cccc3cccc(c23)N1. The normalized spacial score (nSPS) is 16.4. The first-order chi connectivity index (χ1) is 7.84. The molecular formula is C13H9NOS. The second-order valence-electron chi connectivity index (χ2n) is 3.57. The summed E-state index contributed by atoms with van der Waals surface area (Å²) < 4.78 is 0. The Morgan fingerprint density at radius 3 is 2.75 bits per heavy atom. The predicted molar refractivity (Wildman–Crippen MR) is 67.6 cm³/mol. The van der Waals surface area contributed by atoms with Gasteiger partial charge in [-0.3, -0.25) is 4.79 Å². The molecule has 0 fully saturated rings. The van der Waals surface area contributed by atoms with Gasteiger partial charge < -0.3 is 5.32 Å². The molecule has 0 unspecified atom stereocenters. The molecule has 3 heteroatoms. The van der Waals surface area contributed by atoms with Gasteiger partial charge in [-0.25, -0.2) is 0 Å². The van der Waals surface area contributed by atoms with Crippen LogP contribution in [0, 0.1) is 0 Å². The van der Waals surface area contributed by atoms with Crippen LogP contribution in [0.4, 0.5) is 5.69 Å². The standard InChI is InChI=1S/C13H9NOS/c15-12-7-8-16-11-6-2-4-9-3-1-5-10(14-12)13(9)11/h1-8H,(H,14,15)/b8-7-. The summed E-state index contributed by atoms with van der Waals surface area (Å²) in [5.74, 6) is -0.0745. The van der Waals surface area contributed by atoms with E-state index in [1.165, 1.54) is 4.90 Å². The van der Waals surface area contributed by atoms with Crippen molar-refractivity contribution in [1.29, 1.82) is 0 Å². The minimum absolute atomic E-state index is 0.0745. The summed E-state index contributed by atoms with van der Waals surface area (Å²) in [4.78, 5) is 12.6. The van der Waals surface area contributed by atoms with Crippen LogP contribution in [0.15, 0.2) is 52.8 Å². The van der Waals surface area contributed by atoms with Crippen LogP contribution in [0.2, 0.25) is 0 Å². The second kappa shape index (κ2) is 3.68. The molecule has 1 N–H and O–H groups in total. The molecule has 1 aliphatic rings. The smallest absolute Gasteiger partial charge is 0.248 e. The minimum Gasteiger partial charge on any atom is -0.322 e. The van der Waals surface area contributed by atoms with Gasteiger partial charge in [0.2, 0.25) is 5.91 Å². The molecule has 2 nitrogen and oxygen atoms in total. The number of rotatable bonds is 0. The highest BCUT2D eigenvalue weighted by Gasteiger charge is 2.09. The van der Waals surface area contributed by atoms with E-state index in [0.717, 1.165) is 16.5 Å². The zero-order chi connectivity index (χ0) is 11.0. The van der Waals surface area contributed by atoms with E-state index in [1.54, 1.807) is 17.8 Å². The Morgan fingerprint density at radius 2 is 1.88 bits per heavy atom. The number of carbonyl (C=O) groups excluding carboxylic acids is 1. The van der Waals surface area contributed by atoms with Crippen LogP contribution >= 0.6 is 11.8 Å². The molecule has 2 aromatic rings. The van der Waals surface area contributed by atoms with Gasteiger partial charge in [0.25, 0.3) is 0 Å². The molecule has 0 bridgehead atoms. The van der Waals surface area contributed by atoms with Crippen molar-refractivity contribution in [3.8, 4) is 0 Å². The molecule has 2 aromatic carbocycles. The van der Waals surface area contributed by atoms with E-state index < -0.39 is 0 Å². The average Bonchev–Trinajstić information content (AvgIpc) is 2.27. The summed E-state index contributed by atoms with van der Waals surface area (Å²) in [5, 5.41) is 6.98. The Kier molecular flexibility index (Phi) is 2.18. The lowest BCUT2D eigenvalue weighted by Crippen LogP contribution is -2.09. The zero-order valence-electron chi connectivity index (χ0n) is 8.44. The molecule has 0 saturated carbocycles. The molecular weight excluding hydrogens is 218 g/mol. The van der Waals surface area contributed by atoms with Crippen molar-refractivity contribution in [2.75, 3.05) is 5.32 Å². The third-order valence-corrected chi connectivity index (χ3v) is 3.41. The Morgan fingerprint density at radius 1 is 1.06 bits per heavy atom. The lowest BCUT2D eigenvalue weighted by molar-refractivity contribution is -0.111. The van der Waals surface area contributed by atoms with E-state index in [1.807, 2.05) is 23.6 Å². The van der Waals surface area contributed by atoms with Crippen LogP contribution in [0.3, 0.4) is 0 Å². The maximum atomic E-state index is 11.5. The van der Waals surface area contributed by atoms with Crippen molar-refractivity contribution in [1.82, 2.24) is 0 Å². The van der Waals surface area contributed by atoms with Crippen LogP contribution in [0.5, 0.6) is 0 Å². The first kappa shape index (κ1) is 9.48. The van der Waals surface area contributed by atoms with Gasteiger partial charge in [-0.05, 0) is 22.9 Å². The highest BCUT2D eigenvalue weighted by Crippen LogP contribution is 2.35. The molecule has 0 aliphatic carbocycles. The Labute approximate surface area is 97.3 Å². The van der Waals surface area contributed by atoms with Gasteiger partial charge in [-0.1, -0.05) is 36.0 Å². The monoisotopic (exact) mass is 227 g/mol. The van der Waals surface area contributed by atoms with Gasteiger partial charge in [-0.2, -0.15) is 0 Å². The van der Waals surface area contributed by atoms with Gasteiger partial charge in [-0.15, -0.1) is 0 Å². The topological polar surface area (TPSA) is 29.1 Å². The van der Waals surface area contributed by atoms with Gasteiger partial charge in [0.05, 0.1) is 0 Å². The summed E-state index contributed by atoms with van der Waals surface area (Å²) in [6, 6.07) is 12.1. The number of anilines is 1. The largest absolute Gasteiger partial charge is 0.322 e. The van der Waals surface area contributed by atoms with Crippen molar-refractivity contribution >= 4 is 34.1 Å². The molecule has 3 rings (SSSR count). The Hall–Kier alpha value is -1.74. The number of carbonyl (C=O) groups is 1. The van der Waals surface area contributed by atoms with Crippen molar-refractivity contribution in [2.45, 2.75) is 4.90 Å². The Bertz CT molecular complexity index is 599. The molecule has 1 amide bonds. The predicted octanol–water partition coefficient (Wildman–Crippen LogP) is 3.40. The van der Waals surface area contributed by atoms with Crippen molar-refractivity contribution in [3.05, 3.63) is 47.9 Å². The van der Waals surface area contributed by atoms with Gasteiger partial charge in [0, 0.05) is 22.0 Å². The van der Waals surface area contributed by atoms with Gasteiger partial charge >= 0.3 is 0 Å². The fourth-order valence-corrected chi connectivity index (χ4v) is 2.69. The quantitative estimate of drug-likeness (QED) is 0.747. The maximum Gasteiger partial charge on any atom is 0.248 e. The highest BCUT2D eigenvalue weighted by molar-refractivity contribution is 8.02. The minimum atomic E-state index is -0.0745. The summed E-state index contributed by atoms with van der Waals surface area (Å²) in [6.45, 7) is 0. The van der Waals surface area contributed by atoms with E-state index in [2.05, 4.69) is 23.5 Å². The second-order valence-corrected chi connectivity index (χ2v) is 4.52. The molecule has 0 atom stereocenters. The third-order valence-electron chi connectivity index (χ3n) is 2.54. The maximum absolute atomic E-state index is 11.5. The molecule has 0 spiro atoms. The number of nitrogens with one attached hydrogen (secondary N) is 1. The summed E-state index contributed by atoms with van der Waals surface area (Å²) in [5.41, 5.74) is 0.884. The van der Waals surface area contributed by atoms with E-state index in [9.17, 15) is 4.79 Å². The first-order valence-corrected chi connectivity index (χ1v) is 5.88. The lowest BCUT2D eigenvalue weighted by Gasteiger charge is -2.12. The molecule has 1 aliphatic heterocycles. The summed E-state index contributed by atoms with van der Waals surface area (Å²) in [6.07, 6.45) is 1.56. The number of benzene rings is 2. The van der Waals surface area contributed by atoms with Crippen LogP contribution in [-0.2, 0) is 4.79 Å². The van der Waals surface area contributed by atoms with Crippen LogP contribution in [0.1, 0.15) is 0 Å². The van der Waals surface area contributed by atoms with Gasteiger partial charge in [0.1, 0.15) is 0 Å².